The van der Waals surface area contributed by atoms with Crippen LogP contribution in [-0.4, -0.2) is 47.0 Å². The van der Waals surface area contributed by atoms with Crippen molar-refractivity contribution in [3.05, 3.63) is 46.0 Å². The number of aromatic nitrogens is 2. The van der Waals surface area contributed by atoms with Gasteiger partial charge in [-0.3, -0.25) is 5.43 Å². The van der Waals surface area contributed by atoms with Crippen LogP contribution < -0.4 is 10.2 Å². The highest BCUT2D eigenvalue weighted by Gasteiger charge is 2.35. The molecule has 1 N–H and O–H groups in total. The number of nitrogens with one attached hydrogen (secondary N) is 1. The molecule has 2 aliphatic heterocycles. The summed E-state index contributed by atoms with van der Waals surface area (Å²) < 4.78 is 40.5. The molecule has 0 bridgehead atoms. The molecule has 1 unspecified atom stereocenters. The van der Waals surface area contributed by atoms with Gasteiger partial charge >= 0.3 is 5.97 Å². The van der Waals surface area contributed by atoms with Crippen LogP contribution in [0.15, 0.2) is 17.2 Å². The van der Waals surface area contributed by atoms with Crippen molar-refractivity contribution in [2.75, 3.05) is 13.7 Å². The van der Waals surface area contributed by atoms with Crippen molar-refractivity contribution in [3.63, 3.8) is 0 Å². The Morgan fingerprint density at radius 3 is 2.67 bits per heavy atom. The van der Waals surface area contributed by atoms with Gasteiger partial charge in [0.25, 0.3) is 5.90 Å². The number of hydrazone groups is 1. The normalized spacial score (nSPS) is 17.7. The Balaban J connectivity index is 1.88. The maximum atomic E-state index is 15.6. The number of nitrogens with zero attached hydrogens (tertiary/aromatic N) is 3. The lowest BCUT2D eigenvalue weighted by Crippen LogP contribution is -2.29. The molecule has 0 amide bonds. The van der Waals surface area contributed by atoms with Crippen molar-refractivity contribution in [2.24, 2.45) is 12.1 Å². The van der Waals surface area contributed by atoms with Crippen LogP contribution in [0, 0.1) is 19.7 Å². The molecule has 9 nitrogen and oxygen atoms in total. The zero-order valence-corrected chi connectivity index (χ0v) is 23.7. The molecule has 2 aliphatic rings. The van der Waals surface area contributed by atoms with E-state index in [0.717, 1.165) is 17.5 Å². The maximum Gasteiger partial charge on any atom is 0.339 e. The van der Waals surface area contributed by atoms with Gasteiger partial charge in [-0.25, -0.2) is 14.2 Å². The fourth-order valence-corrected chi connectivity index (χ4v) is 5.36. The van der Waals surface area contributed by atoms with Crippen LogP contribution in [0.2, 0.25) is 0 Å². The van der Waals surface area contributed by atoms with Gasteiger partial charge in [-0.15, -0.1) is 5.10 Å². The minimum absolute atomic E-state index is 0.274. The number of aryl methyl sites for hydroxylation is 2. The lowest BCUT2D eigenvalue weighted by molar-refractivity contribution is -0.164. The van der Waals surface area contributed by atoms with E-state index in [1.54, 1.807) is 0 Å². The molecule has 3 aromatic rings. The first-order valence-electron chi connectivity index (χ1n) is 13.1. The van der Waals surface area contributed by atoms with E-state index in [2.05, 4.69) is 10.5 Å². The van der Waals surface area contributed by atoms with Crippen molar-refractivity contribution < 1.29 is 28.1 Å². The number of rotatable bonds is 5. The minimum Gasteiger partial charge on any atom is -0.490 e. The molecule has 208 valence electrons. The van der Waals surface area contributed by atoms with E-state index in [-0.39, 0.29) is 6.23 Å². The topological polar surface area (TPSA) is 96.2 Å². The summed E-state index contributed by atoms with van der Waals surface area (Å²) >= 11 is 0. The SMILES string of the molecule is COC(=O)[C@@H](OC(C)(C)C)c1c(C)nc2c(cc(C3=NNC(C)O3)n2C)c1-c1cc(F)c2c(c1C)CCCO2. The van der Waals surface area contributed by atoms with Gasteiger partial charge in [-0.05, 0) is 77.6 Å². The number of carbonyl (C=O) groups is 1. The number of hydrogen-bond acceptors (Lipinski definition) is 8. The van der Waals surface area contributed by atoms with Gasteiger partial charge in [0.2, 0.25) is 0 Å². The number of hydrogen-bond donors (Lipinski definition) is 1. The molecule has 0 radical (unpaired) electrons. The second-order valence-corrected chi connectivity index (χ2v) is 11.0. The van der Waals surface area contributed by atoms with Gasteiger partial charge in [0, 0.05) is 34.8 Å². The lowest BCUT2D eigenvalue weighted by Gasteiger charge is -2.29. The number of esters is 1. The predicted octanol–water partition coefficient (Wildman–Crippen LogP) is 4.98. The second-order valence-electron chi connectivity index (χ2n) is 11.0. The summed E-state index contributed by atoms with van der Waals surface area (Å²) in [7, 11) is 3.20. The van der Waals surface area contributed by atoms with E-state index < -0.39 is 23.5 Å². The van der Waals surface area contributed by atoms with E-state index in [0.29, 0.717) is 63.8 Å². The van der Waals surface area contributed by atoms with Crippen LogP contribution >= 0.6 is 0 Å². The summed E-state index contributed by atoms with van der Waals surface area (Å²) in [5.74, 6) is -0.287. The summed E-state index contributed by atoms with van der Waals surface area (Å²) in [4.78, 5) is 18.1. The summed E-state index contributed by atoms with van der Waals surface area (Å²) in [5.41, 5.74) is 7.67. The van der Waals surface area contributed by atoms with Crippen LogP contribution in [0.5, 0.6) is 5.75 Å². The van der Waals surface area contributed by atoms with Crippen LogP contribution in [0.25, 0.3) is 22.2 Å². The molecule has 0 spiro atoms. The average molecular weight is 539 g/mol. The highest BCUT2D eigenvalue weighted by Crippen LogP contribution is 2.45. The minimum atomic E-state index is -1.10. The van der Waals surface area contributed by atoms with Crippen LogP contribution in [0.3, 0.4) is 0 Å². The van der Waals surface area contributed by atoms with Gasteiger partial charge in [-0.2, -0.15) is 0 Å². The molecule has 0 saturated carbocycles. The fourth-order valence-electron chi connectivity index (χ4n) is 5.36. The number of halogens is 1. The molecule has 5 rings (SSSR count). The molecular formula is C29H35FN4O5. The Hall–Kier alpha value is -3.66. The molecule has 2 atom stereocenters. The number of benzene rings is 1. The summed E-state index contributed by atoms with van der Waals surface area (Å²) in [5, 5.41) is 5.04. The van der Waals surface area contributed by atoms with E-state index in [4.69, 9.17) is 23.9 Å². The average Bonchev–Trinajstić information content (AvgIpc) is 3.46. The van der Waals surface area contributed by atoms with Crippen molar-refractivity contribution in [3.8, 4) is 16.9 Å². The predicted molar refractivity (Wildman–Crippen MR) is 145 cm³/mol. The smallest absolute Gasteiger partial charge is 0.339 e. The number of pyridine rings is 1. The van der Waals surface area contributed by atoms with Crippen LogP contribution in [-0.2, 0) is 32.5 Å². The van der Waals surface area contributed by atoms with E-state index in [1.165, 1.54) is 13.2 Å². The molecule has 0 saturated heterocycles. The largest absolute Gasteiger partial charge is 0.490 e. The zero-order valence-electron chi connectivity index (χ0n) is 23.7. The Morgan fingerprint density at radius 2 is 2.03 bits per heavy atom. The molecule has 2 aromatic heterocycles. The number of methoxy groups -OCH3 is 1. The molecule has 0 fully saturated rings. The van der Waals surface area contributed by atoms with Crippen LogP contribution in [0.4, 0.5) is 4.39 Å². The summed E-state index contributed by atoms with van der Waals surface area (Å²) in [6.45, 7) is 11.7. The van der Waals surface area contributed by atoms with Gasteiger partial charge in [0.05, 0.1) is 19.3 Å². The Labute approximate surface area is 227 Å². The van der Waals surface area contributed by atoms with Gasteiger partial charge < -0.3 is 23.5 Å². The Morgan fingerprint density at radius 1 is 1.28 bits per heavy atom. The highest BCUT2D eigenvalue weighted by molar-refractivity contribution is 6.05. The highest BCUT2D eigenvalue weighted by atomic mass is 19.1. The van der Waals surface area contributed by atoms with Crippen molar-refractivity contribution in [2.45, 2.75) is 72.3 Å². The first-order chi connectivity index (χ1) is 18.4. The Bertz CT molecular complexity index is 1500. The fraction of sp³-hybridized carbons (Fsp3) is 0.483. The van der Waals surface area contributed by atoms with Gasteiger partial charge in [-0.1, -0.05) is 0 Å². The third kappa shape index (κ3) is 4.71. The second kappa shape index (κ2) is 9.82. The van der Waals surface area contributed by atoms with Gasteiger partial charge in [0.1, 0.15) is 11.3 Å². The van der Waals surface area contributed by atoms with E-state index in [1.807, 2.05) is 59.2 Å². The standard InChI is InChI=1S/C29H35FN4O5/c1-14-17-10-9-11-37-24(17)20(30)12-18(14)23-19-13-21(27-33-32-16(3)38-27)34(7)26(19)31-15(2)22(23)25(28(35)36-8)39-29(4,5)6/h12-13,16,25,32H,9-11H2,1-8H3/t16?,25-/m0/s1. The van der Waals surface area contributed by atoms with Gasteiger partial charge in [0.15, 0.2) is 23.9 Å². The number of ether oxygens (including phenoxy) is 4. The van der Waals surface area contributed by atoms with Crippen molar-refractivity contribution >= 4 is 22.9 Å². The van der Waals surface area contributed by atoms with Crippen molar-refractivity contribution in [1.82, 2.24) is 15.0 Å². The lowest BCUT2D eigenvalue weighted by atomic mass is 9.86. The maximum absolute atomic E-state index is 15.6. The molecule has 4 heterocycles. The Kier molecular flexibility index (Phi) is 6.78. The zero-order chi connectivity index (χ0) is 28.2. The van der Waals surface area contributed by atoms with Crippen molar-refractivity contribution in [1.29, 1.82) is 0 Å². The molecule has 10 heteroatoms. The summed E-state index contributed by atoms with van der Waals surface area (Å²) in [6, 6.07) is 3.40. The first kappa shape index (κ1) is 26.9. The quantitative estimate of drug-likeness (QED) is 0.458. The molecule has 39 heavy (non-hydrogen) atoms. The van der Waals surface area contributed by atoms with Crippen LogP contribution in [0.1, 0.15) is 68.3 Å². The third-order valence-electron chi connectivity index (χ3n) is 7.11. The molecular weight excluding hydrogens is 503 g/mol. The number of carbonyl (C=O) groups excluding carboxylic acids is 1. The van der Waals surface area contributed by atoms with E-state index >= 15 is 4.39 Å². The van der Waals surface area contributed by atoms with E-state index in [9.17, 15) is 4.79 Å². The molecule has 1 aromatic carbocycles. The monoisotopic (exact) mass is 538 g/mol. The first-order valence-corrected chi connectivity index (χ1v) is 13.1. The molecule has 0 aliphatic carbocycles. The summed E-state index contributed by atoms with van der Waals surface area (Å²) in [6.07, 6.45) is 0.122. The number of fused-ring (bicyclic) bond motifs is 2. The third-order valence-corrected chi connectivity index (χ3v) is 7.11.